The maximum atomic E-state index is 14.2. The molecule has 1 fully saturated rings. The van der Waals surface area contributed by atoms with E-state index < -0.39 is 18.0 Å². The molecule has 6 nitrogen and oxygen atoms in total. The fourth-order valence-corrected chi connectivity index (χ4v) is 3.18. The predicted molar refractivity (Wildman–Crippen MR) is 99.3 cm³/mol. The van der Waals surface area contributed by atoms with Crippen LogP contribution in [0.5, 0.6) is 5.75 Å². The van der Waals surface area contributed by atoms with Crippen LogP contribution in [0.25, 0.3) is 17.0 Å². The molecule has 3 aromatic heterocycles. The number of anilines is 1. The summed E-state index contributed by atoms with van der Waals surface area (Å²) >= 11 is 0. The van der Waals surface area contributed by atoms with Gasteiger partial charge >= 0.3 is 0 Å². The summed E-state index contributed by atoms with van der Waals surface area (Å²) < 4.78 is 35.5. The maximum Gasteiger partial charge on any atom is 0.140 e. The minimum atomic E-state index is -1.03. The molecule has 3 aromatic rings. The van der Waals surface area contributed by atoms with E-state index >= 15 is 0 Å². The lowest BCUT2D eigenvalue weighted by atomic mass is 10.2. The highest BCUT2D eigenvalue weighted by Crippen LogP contribution is 2.25. The molecule has 0 saturated carbocycles. The summed E-state index contributed by atoms with van der Waals surface area (Å²) in [4.78, 5) is 8.83. The lowest BCUT2D eigenvalue weighted by molar-refractivity contribution is 0.242. The number of pyridine rings is 2. The van der Waals surface area contributed by atoms with E-state index in [4.69, 9.17) is 4.74 Å². The third-order valence-corrected chi connectivity index (χ3v) is 4.38. The van der Waals surface area contributed by atoms with Crippen LogP contribution in [-0.4, -0.2) is 45.8 Å². The van der Waals surface area contributed by atoms with E-state index in [0.29, 0.717) is 35.1 Å². The molecule has 4 rings (SSSR count). The van der Waals surface area contributed by atoms with E-state index in [9.17, 15) is 8.78 Å². The molecule has 0 aromatic carbocycles. The molecule has 0 spiro atoms. The van der Waals surface area contributed by atoms with Crippen LogP contribution in [0.3, 0.4) is 0 Å². The topological polar surface area (TPSA) is 63.5 Å². The number of hydrogen-bond acceptors (Lipinski definition) is 5. The molecule has 1 saturated heterocycles. The van der Waals surface area contributed by atoms with Crippen LogP contribution in [0.15, 0.2) is 36.7 Å². The first kappa shape index (κ1) is 17.7. The lowest BCUT2D eigenvalue weighted by Gasteiger charge is -2.15. The Morgan fingerprint density at radius 3 is 2.89 bits per heavy atom. The van der Waals surface area contributed by atoms with E-state index in [1.807, 2.05) is 36.6 Å². The lowest BCUT2D eigenvalue weighted by Crippen LogP contribution is -2.29. The number of halogens is 2. The molecule has 2 atom stereocenters. The van der Waals surface area contributed by atoms with Crippen molar-refractivity contribution >= 4 is 11.5 Å². The summed E-state index contributed by atoms with van der Waals surface area (Å²) in [5.41, 5.74) is 1.74. The number of fused-ring (bicyclic) bond motifs is 1. The Kier molecular flexibility index (Phi) is 4.65. The Hall–Kier alpha value is -2.74. The Morgan fingerprint density at radius 2 is 2.15 bits per heavy atom. The second kappa shape index (κ2) is 7.11. The molecular formula is C19H21F2N5O. The number of ether oxygens (including phenoxy) is 1. The van der Waals surface area contributed by atoms with Gasteiger partial charge in [0.15, 0.2) is 0 Å². The molecular weight excluding hydrogens is 352 g/mol. The molecule has 4 heterocycles. The van der Waals surface area contributed by atoms with E-state index in [1.54, 1.807) is 6.20 Å². The molecule has 1 aliphatic rings. The first-order valence-electron chi connectivity index (χ1n) is 8.92. The molecule has 27 heavy (non-hydrogen) atoms. The Morgan fingerprint density at radius 1 is 1.30 bits per heavy atom. The second-order valence-electron chi connectivity index (χ2n) is 6.88. The van der Waals surface area contributed by atoms with E-state index in [0.717, 1.165) is 0 Å². The summed E-state index contributed by atoms with van der Waals surface area (Å²) in [7, 11) is 0. The van der Waals surface area contributed by atoms with Crippen LogP contribution in [0, 0.1) is 5.82 Å². The second-order valence-corrected chi connectivity index (χ2v) is 6.88. The van der Waals surface area contributed by atoms with Crippen LogP contribution in [0.4, 0.5) is 14.6 Å². The zero-order valence-electron chi connectivity index (χ0n) is 15.1. The average Bonchev–Trinajstić information content (AvgIpc) is 3.20. The van der Waals surface area contributed by atoms with Gasteiger partial charge in [0.25, 0.3) is 0 Å². The zero-order valence-corrected chi connectivity index (χ0v) is 15.1. The van der Waals surface area contributed by atoms with Gasteiger partial charge in [0.2, 0.25) is 0 Å². The van der Waals surface area contributed by atoms with Gasteiger partial charge in [-0.05, 0) is 19.9 Å². The quantitative estimate of drug-likeness (QED) is 0.720. The summed E-state index contributed by atoms with van der Waals surface area (Å²) in [5, 5.41) is 5.93. The van der Waals surface area contributed by atoms with Crippen LogP contribution >= 0.6 is 0 Å². The SMILES string of the molecule is CC(C)Oc1ccn2c(-c3cc(F)cc(N[C@H]4CNC[C@@H]4F)n3)cnc2c1. The molecule has 0 unspecified atom stereocenters. The first-order chi connectivity index (χ1) is 13.0. The van der Waals surface area contributed by atoms with Crippen molar-refractivity contribution < 1.29 is 13.5 Å². The van der Waals surface area contributed by atoms with Crippen LogP contribution < -0.4 is 15.4 Å². The van der Waals surface area contributed by atoms with Gasteiger partial charge in [0.1, 0.15) is 29.2 Å². The van der Waals surface area contributed by atoms with Crippen molar-refractivity contribution in [3.05, 3.63) is 42.5 Å². The van der Waals surface area contributed by atoms with Gasteiger partial charge in [-0.1, -0.05) is 0 Å². The highest BCUT2D eigenvalue weighted by atomic mass is 19.1. The van der Waals surface area contributed by atoms with Gasteiger partial charge < -0.3 is 15.4 Å². The number of alkyl halides is 1. The zero-order chi connectivity index (χ0) is 19.0. The van der Waals surface area contributed by atoms with Crippen LogP contribution in [0.2, 0.25) is 0 Å². The summed E-state index contributed by atoms with van der Waals surface area (Å²) in [5.74, 6) is 0.571. The number of nitrogens with zero attached hydrogens (tertiary/aromatic N) is 3. The molecule has 0 aliphatic carbocycles. The summed E-state index contributed by atoms with van der Waals surface area (Å²) in [6, 6.07) is 5.83. The van der Waals surface area contributed by atoms with Crippen LogP contribution in [0.1, 0.15) is 13.8 Å². The molecule has 2 N–H and O–H groups in total. The number of hydrogen-bond donors (Lipinski definition) is 2. The third kappa shape index (κ3) is 3.71. The van der Waals surface area contributed by atoms with Gasteiger partial charge in [-0.25, -0.2) is 18.7 Å². The Bertz CT molecular complexity index is 958. The highest BCUT2D eigenvalue weighted by Gasteiger charge is 2.27. The van der Waals surface area contributed by atoms with Gasteiger partial charge in [0.05, 0.1) is 29.7 Å². The Labute approximate surface area is 155 Å². The van der Waals surface area contributed by atoms with Crippen molar-refractivity contribution in [1.82, 2.24) is 19.7 Å². The number of rotatable bonds is 5. The molecule has 8 heteroatoms. The fourth-order valence-electron chi connectivity index (χ4n) is 3.18. The molecule has 0 amide bonds. The van der Waals surface area contributed by atoms with Crippen LogP contribution in [-0.2, 0) is 0 Å². The highest BCUT2D eigenvalue weighted by molar-refractivity contribution is 5.63. The normalized spacial score (nSPS) is 19.7. The monoisotopic (exact) mass is 373 g/mol. The van der Waals surface area contributed by atoms with Crippen molar-refractivity contribution in [3.8, 4) is 17.1 Å². The van der Waals surface area contributed by atoms with Gasteiger partial charge in [-0.15, -0.1) is 0 Å². The van der Waals surface area contributed by atoms with Crippen molar-refractivity contribution in [2.24, 2.45) is 0 Å². The number of aromatic nitrogens is 3. The van der Waals surface area contributed by atoms with Crippen molar-refractivity contribution in [2.75, 3.05) is 18.4 Å². The number of imidazole rings is 1. The minimum absolute atomic E-state index is 0.0600. The third-order valence-electron chi connectivity index (χ3n) is 4.38. The van der Waals surface area contributed by atoms with E-state index in [1.165, 1.54) is 12.1 Å². The smallest absolute Gasteiger partial charge is 0.140 e. The van der Waals surface area contributed by atoms with E-state index in [2.05, 4.69) is 20.6 Å². The Balaban J connectivity index is 1.66. The van der Waals surface area contributed by atoms with Gasteiger partial charge in [-0.3, -0.25) is 4.40 Å². The van der Waals surface area contributed by atoms with Crippen molar-refractivity contribution in [1.29, 1.82) is 0 Å². The summed E-state index contributed by atoms with van der Waals surface area (Å²) in [6.45, 7) is 4.67. The van der Waals surface area contributed by atoms with Gasteiger partial charge in [-0.2, -0.15) is 0 Å². The molecule has 0 radical (unpaired) electrons. The van der Waals surface area contributed by atoms with Crippen molar-refractivity contribution in [3.63, 3.8) is 0 Å². The van der Waals surface area contributed by atoms with Gasteiger partial charge in [0, 0.05) is 37.5 Å². The molecule has 142 valence electrons. The maximum absolute atomic E-state index is 14.2. The number of nitrogens with one attached hydrogen (secondary N) is 2. The largest absolute Gasteiger partial charge is 0.491 e. The molecule has 0 bridgehead atoms. The van der Waals surface area contributed by atoms with Crippen molar-refractivity contribution in [2.45, 2.75) is 32.2 Å². The molecule has 1 aliphatic heterocycles. The predicted octanol–water partition coefficient (Wildman–Crippen LogP) is 3.04. The standard InChI is InChI=1S/C19H21F2N5O/c1-11(2)27-13-3-4-26-17(10-23-19(26)7-13)15-5-12(20)6-18(24-15)25-16-9-22-8-14(16)21/h3-7,10-11,14,16,22H,8-9H2,1-2H3,(H,24,25)/t14-,16-/m0/s1. The minimum Gasteiger partial charge on any atom is -0.491 e. The summed E-state index contributed by atoms with van der Waals surface area (Å²) in [6.07, 6.45) is 2.47. The van der Waals surface area contributed by atoms with E-state index in [-0.39, 0.29) is 12.6 Å². The first-order valence-corrected chi connectivity index (χ1v) is 8.92. The average molecular weight is 373 g/mol. The fraction of sp³-hybridized carbons (Fsp3) is 0.368.